The van der Waals surface area contributed by atoms with Crippen LogP contribution in [0.3, 0.4) is 0 Å². The zero-order valence-electron chi connectivity index (χ0n) is 10.2. The molecule has 19 heavy (non-hydrogen) atoms. The molecule has 0 radical (unpaired) electrons. The number of benzene rings is 1. The van der Waals surface area contributed by atoms with Crippen LogP contribution >= 0.6 is 11.6 Å². The Morgan fingerprint density at radius 3 is 2.95 bits per heavy atom. The van der Waals surface area contributed by atoms with E-state index < -0.39 is 0 Å². The molecule has 0 unspecified atom stereocenters. The van der Waals surface area contributed by atoms with E-state index in [-0.39, 0.29) is 12.4 Å². The number of nitrogens with one attached hydrogen (secondary N) is 1. The van der Waals surface area contributed by atoms with Gasteiger partial charge < -0.3 is 10.4 Å². The van der Waals surface area contributed by atoms with Crippen molar-refractivity contribution in [2.24, 2.45) is 0 Å². The smallest absolute Gasteiger partial charge is 0.126 e. The molecular weight excluding hydrogens is 271 g/mol. The minimum absolute atomic E-state index is 0.120. The van der Waals surface area contributed by atoms with Gasteiger partial charge in [-0.15, -0.1) is 5.10 Å². The molecule has 0 aliphatic carbocycles. The van der Waals surface area contributed by atoms with Gasteiger partial charge in [0.15, 0.2) is 0 Å². The number of anilines is 1. The largest absolute Gasteiger partial charge is 0.396 e. The van der Waals surface area contributed by atoms with Gasteiger partial charge in [0.1, 0.15) is 11.5 Å². The van der Waals surface area contributed by atoms with Crippen LogP contribution in [-0.4, -0.2) is 26.7 Å². The van der Waals surface area contributed by atoms with Gasteiger partial charge in [-0.2, -0.15) is 0 Å². The summed E-state index contributed by atoms with van der Waals surface area (Å²) >= 11 is 5.76. The third kappa shape index (κ3) is 4.18. The molecule has 2 rings (SSSR count). The fraction of sp³-hybridized carbons (Fsp3) is 0.333. The summed E-state index contributed by atoms with van der Waals surface area (Å²) in [5.41, 5.74) is 1.33. The van der Waals surface area contributed by atoms with E-state index in [0.717, 1.165) is 5.69 Å². The van der Waals surface area contributed by atoms with E-state index in [4.69, 9.17) is 16.7 Å². The lowest BCUT2D eigenvalue weighted by Crippen LogP contribution is -2.01. The molecular formula is C12H14ClFN4O. The average Bonchev–Trinajstić information content (AvgIpc) is 2.81. The van der Waals surface area contributed by atoms with E-state index in [9.17, 15) is 4.39 Å². The highest BCUT2D eigenvalue weighted by atomic mass is 35.5. The van der Waals surface area contributed by atoms with Crippen LogP contribution in [0, 0.1) is 5.82 Å². The molecule has 0 aliphatic heterocycles. The maximum Gasteiger partial charge on any atom is 0.126 e. The minimum atomic E-state index is -0.387. The Balaban J connectivity index is 1.92. The number of aliphatic hydroxyl groups is 1. The number of halogens is 2. The zero-order chi connectivity index (χ0) is 13.7. The quantitative estimate of drug-likeness (QED) is 0.852. The first kappa shape index (κ1) is 13.8. The van der Waals surface area contributed by atoms with Crippen molar-refractivity contribution < 1.29 is 9.50 Å². The predicted molar refractivity (Wildman–Crippen MR) is 70.5 cm³/mol. The van der Waals surface area contributed by atoms with Crippen molar-refractivity contribution in [2.75, 3.05) is 11.9 Å². The van der Waals surface area contributed by atoms with Crippen LogP contribution in [0.25, 0.3) is 0 Å². The van der Waals surface area contributed by atoms with Crippen molar-refractivity contribution in [3.8, 4) is 0 Å². The van der Waals surface area contributed by atoms with E-state index in [0.29, 0.717) is 30.2 Å². The SMILES string of the molecule is OCCCn1cc(CNc2cc(F)cc(Cl)c2)nn1. The summed E-state index contributed by atoms with van der Waals surface area (Å²) < 4.78 is 14.8. The number of hydrogen-bond donors (Lipinski definition) is 2. The molecule has 2 aromatic rings. The van der Waals surface area contributed by atoms with E-state index in [1.165, 1.54) is 12.1 Å². The number of hydrogen-bond acceptors (Lipinski definition) is 4. The molecule has 0 amide bonds. The van der Waals surface area contributed by atoms with Crippen LogP contribution < -0.4 is 5.32 Å². The molecule has 0 saturated heterocycles. The van der Waals surface area contributed by atoms with Gasteiger partial charge in [-0.25, -0.2) is 4.39 Å². The summed E-state index contributed by atoms with van der Waals surface area (Å²) in [5, 5.41) is 20.0. The van der Waals surface area contributed by atoms with Gasteiger partial charge in [-0.05, 0) is 24.6 Å². The van der Waals surface area contributed by atoms with Crippen molar-refractivity contribution in [2.45, 2.75) is 19.5 Å². The molecule has 1 heterocycles. The van der Waals surface area contributed by atoms with Crippen molar-refractivity contribution in [3.63, 3.8) is 0 Å². The van der Waals surface area contributed by atoms with Gasteiger partial charge in [0.25, 0.3) is 0 Å². The van der Waals surface area contributed by atoms with Crippen molar-refractivity contribution in [1.82, 2.24) is 15.0 Å². The number of aryl methyl sites for hydroxylation is 1. The Kier molecular flexibility index (Phi) is 4.70. The summed E-state index contributed by atoms with van der Waals surface area (Å²) in [6, 6.07) is 4.25. The van der Waals surface area contributed by atoms with E-state index in [1.54, 1.807) is 16.9 Å². The Bertz CT molecular complexity index is 526. The maximum atomic E-state index is 13.1. The van der Waals surface area contributed by atoms with Crippen molar-refractivity contribution in [3.05, 3.63) is 40.9 Å². The lowest BCUT2D eigenvalue weighted by Gasteiger charge is -2.04. The van der Waals surface area contributed by atoms with Crippen molar-refractivity contribution in [1.29, 1.82) is 0 Å². The first-order valence-corrected chi connectivity index (χ1v) is 6.25. The number of aromatic nitrogens is 3. The average molecular weight is 285 g/mol. The van der Waals surface area contributed by atoms with Crippen LogP contribution in [0.1, 0.15) is 12.1 Å². The first-order chi connectivity index (χ1) is 9.17. The Labute approximate surface area is 115 Å². The van der Waals surface area contributed by atoms with E-state index >= 15 is 0 Å². The van der Waals surface area contributed by atoms with Crippen molar-refractivity contribution >= 4 is 17.3 Å². The van der Waals surface area contributed by atoms with Gasteiger partial charge in [0.2, 0.25) is 0 Å². The molecule has 1 aromatic carbocycles. The Morgan fingerprint density at radius 1 is 1.37 bits per heavy atom. The third-order valence-electron chi connectivity index (χ3n) is 2.47. The van der Waals surface area contributed by atoms with Crippen LogP contribution in [-0.2, 0) is 13.1 Å². The van der Waals surface area contributed by atoms with Crippen LogP contribution in [0.5, 0.6) is 0 Å². The lowest BCUT2D eigenvalue weighted by atomic mass is 10.3. The molecule has 0 atom stereocenters. The second-order valence-electron chi connectivity index (χ2n) is 4.06. The second-order valence-corrected chi connectivity index (χ2v) is 4.50. The predicted octanol–water partition coefficient (Wildman–Crippen LogP) is 2.07. The normalized spacial score (nSPS) is 10.7. The second kappa shape index (κ2) is 6.49. The molecule has 1 aromatic heterocycles. The molecule has 0 fully saturated rings. The topological polar surface area (TPSA) is 63.0 Å². The standard InChI is InChI=1S/C12H14ClFN4O/c13-9-4-10(14)6-11(5-9)15-7-12-8-18(17-16-12)2-1-3-19/h4-6,8,15,19H,1-3,7H2. The van der Waals surface area contributed by atoms with Gasteiger partial charge >= 0.3 is 0 Å². The summed E-state index contributed by atoms with van der Waals surface area (Å²) in [6.07, 6.45) is 2.42. The highest BCUT2D eigenvalue weighted by Crippen LogP contribution is 2.18. The molecule has 102 valence electrons. The summed E-state index contributed by atoms with van der Waals surface area (Å²) in [6.45, 7) is 1.17. The summed E-state index contributed by atoms with van der Waals surface area (Å²) in [5.74, 6) is -0.387. The van der Waals surface area contributed by atoms with Gasteiger partial charge in [-0.3, -0.25) is 4.68 Å². The van der Waals surface area contributed by atoms with E-state index in [2.05, 4.69) is 15.6 Å². The fourth-order valence-electron chi connectivity index (χ4n) is 1.61. The molecule has 0 bridgehead atoms. The third-order valence-corrected chi connectivity index (χ3v) is 2.69. The number of rotatable bonds is 6. The summed E-state index contributed by atoms with van der Waals surface area (Å²) in [4.78, 5) is 0. The Hall–Kier alpha value is -1.66. The number of aliphatic hydroxyl groups excluding tert-OH is 1. The molecule has 7 heteroatoms. The Morgan fingerprint density at radius 2 is 2.21 bits per heavy atom. The van der Waals surface area contributed by atoms with Gasteiger partial charge in [-0.1, -0.05) is 16.8 Å². The van der Waals surface area contributed by atoms with Crippen LogP contribution in [0.2, 0.25) is 5.02 Å². The molecule has 5 nitrogen and oxygen atoms in total. The van der Waals surface area contributed by atoms with Gasteiger partial charge in [0.05, 0.1) is 12.7 Å². The maximum absolute atomic E-state index is 13.1. The fourth-order valence-corrected chi connectivity index (χ4v) is 1.83. The molecule has 0 saturated carbocycles. The molecule has 0 spiro atoms. The lowest BCUT2D eigenvalue weighted by molar-refractivity contribution is 0.276. The van der Waals surface area contributed by atoms with Crippen LogP contribution in [0.4, 0.5) is 10.1 Å². The zero-order valence-corrected chi connectivity index (χ0v) is 10.9. The summed E-state index contributed by atoms with van der Waals surface area (Å²) in [7, 11) is 0. The highest BCUT2D eigenvalue weighted by Gasteiger charge is 2.02. The van der Waals surface area contributed by atoms with Gasteiger partial charge in [0, 0.05) is 23.9 Å². The number of nitrogens with zero attached hydrogens (tertiary/aromatic N) is 3. The molecule has 0 aliphatic rings. The first-order valence-electron chi connectivity index (χ1n) is 5.87. The van der Waals surface area contributed by atoms with E-state index in [1.807, 2.05) is 0 Å². The van der Waals surface area contributed by atoms with Crippen LogP contribution in [0.15, 0.2) is 24.4 Å². The minimum Gasteiger partial charge on any atom is -0.396 e. The highest BCUT2D eigenvalue weighted by molar-refractivity contribution is 6.30. The molecule has 2 N–H and O–H groups in total. The monoisotopic (exact) mass is 284 g/mol.